The van der Waals surface area contributed by atoms with Crippen LogP contribution in [-0.2, 0) is 13.0 Å². The molecular formula is C16H20N2OS. The summed E-state index contributed by atoms with van der Waals surface area (Å²) in [6.45, 7) is 1.89. The van der Waals surface area contributed by atoms with Crippen molar-refractivity contribution in [3.63, 3.8) is 0 Å². The quantitative estimate of drug-likeness (QED) is 0.916. The summed E-state index contributed by atoms with van der Waals surface area (Å²) in [7, 11) is 1.73. The summed E-state index contributed by atoms with van der Waals surface area (Å²) >= 11 is 1.65. The molecule has 4 heteroatoms. The molecule has 1 aliphatic rings. The molecule has 1 N–H and O–H groups in total. The van der Waals surface area contributed by atoms with Crippen molar-refractivity contribution in [1.82, 2.24) is 10.3 Å². The van der Waals surface area contributed by atoms with Gasteiger partial charge in [-0.2, -0.15) is 0 Å². The van der Waals surface area contributed by atoms with Gasteiger partial charge in [-0.05, 0) is 48.4 Å². The average Bonchev–Trinajstić information content (AvgIpc) is 3.00. The number of fused-ring (bicyclic) bond motifs is 1. The molecule has 2 aromatic rings. The number of aryl methyl sites for hydroxylation is 1. The first-order valence-corrected chi connectivity index (χ1v) is 8.05. The molecular weight excluding hydrogens is 268 g/mol. The number of aromatic nitrogens is 1. The van der Waals surface area contributed by atoms with E-state index in [2.05, 4.69) is 33.9 Å². The second kappa shape index (κ2) is 6.37. The third kappa shape index (κ3) is 3.02. The highest BCUT2D eigenvalue weighted by Gasteiger charge is 2.20. The van der Waals surface area contributed by atoms with Crippen LogP contribution in [0.25, 0.3) is 0 Å². The van der Waals surface area contributed by atoms with Gasteiger partial charge in [0.2, 0.25) is 0 Å². The topological polar surface area (TPSA) is 34.1 Å². The maximum atomic E-state index is 5.32. The number of rotatable bonds is 5. The van der Waals surface area contributed by atoms with Crippen LogP contribution >= 0.6 is 11.3 Å². The molecule has 1 aromatic carbocycles. The van der Waals surface area contributed by atoms with E-state index in [9.17, 15) is 0 Å². The number of ether oxygens (including phenoxy) is 1. The van der Waals surface area contributed by atoms with E-state index in [-0.39, 0.29) is 0 Å². The summed E-state index contributed by atoms with van der Waals surface area (Å²) in [5.41, 5.74) is 5.97. The van der Waals surface area contributed by atoms with Crippen LogP contribution in [0.15, 0.2) is 29.1 Å². The second-order valence-electron chi connectivity index (χ2n) is 5.26. The molecule has 1 aromatic heterocycles. The SMILES string of the molecule is COc1ccc2c(c1)CCCC2CNCc1cscn1. The Bertz CT molecular complexity index is 554. The molecule has 0 spiro atoms. The fourth-order valence-electron chi connectivity index (χ4n) is 2.93. The molecule has 0 radical (unpaired) electrons. The minimum Gasteiger partial charge on any atom is -0.497 e. The molecule has 0 bridgehead atoms. The third-order valence-corrected chi connectivity index (χ3v) is 4.60. The van der Waals surface area contributed by atoms with Crippen molar-refractivity contribution in [1.29, 1.82) is 0 Å². The molecule has 3 rings (SSSR count). The lowest BCUT2D eigenvalue weighted by Crippen LogP contribution is -2.24. The predicted molar refractivity (Wildman–Crippen MR) is 82.5 cm³/mol. The number of hydrogen-bond donors (Lipinski definition) is 1. The normalized spacial score (nSPS) is 17.8. The zero-order chi connectivity index (χ0) is 13.8. The maximum Gasteiger partial charge on any atom is 0.119 e. The van der Waals surface area contributed by atoms with Crippen molar-refractivity contribution < 1.29 is 4.74 Å². The highest BCUT2D eigenvalue weighted by atomic mass is 32.1. The summed E-state index contributed by atoms with van der Waals surface area (Å²) in [6, 6.07) is 6.52. The van der Waals surface area contributed by atoms with Crippen LogP contribution in [-0.4, -0.2) is 18.6 Å². The van der Waals surface area contributed by atoms with Crippen LogP contribution in [0.3, 0.4) is 0 Å². The standard InChI is InChI=1S/C16H20N2OS/c1-19-15-5-6-16-12(7-15)3-2-4-13(16)8-17-9-14-10-20-11-18-14/h5-7,10-11,13,17H,2-4,8-9H2,1H3. The Labute approximate surface area is 124 Å². The van der Waals surface area contributed by atoms with Crippen LogP contribution in [0.5, 0.6) is 5.75 Å². The van der Waals surface area contributed by atoms with E-state index in [1.54, 1.807) is 18.4 Å². The van der Waals surface area contributed by atoms with Crippen molar-refractivity contribution in [2.75, 3.05) is 13.7 Å². The first kappa shape index (κ1) is 13.6. The molecule has 1 heterocycles. The van der Waals surface area contributed by atoms with E-state index >= 15 is 0 Å². The molecule has 0 fully saturated rings. The van der Waals surface area contributed by atoms with Gasteiger partial charge in [-0.1, -0.05) is 6.07 Å². The van der Waals surface area contributed by atoms with Gasteiger partial charge in [-0.3, -0.25) is 0 Å². The van der Waals surface area contributed by atoms with Crippen molar-refractivity contribution in [3.8, 4) is 5.75 Å². The fourth-order valence-corrected chi connectivity index (χ4v) is 3.49. The van der Waals surface area contributed by atoms with E-state index in [1.807, 2.05) is 5.51 Å². The van der Waals surface area contributed by atoms with Gasteiger partial charge in [0.25, 0.3) is 0 Å². The van der Waals surface area contributed by atoms with Crippen LogP contribution in [0.4, 0.5) is 0 Å². The van der Waals surface area contributed by atoms with Crippen molar-refractivity contribution in [2.24, 2.45) is 0 Å². The van der Waals surface area contributed by atoms with Crippen molar-refractivity contribution >= 4 is 11.3 Å². The lowest BCUT2D eigenvalue weighted by atomic mass is 9.82. The van der Waals surface area contributed by atoms with Gasteiger partial charge in [0.15, 0.2) is 0 Å². The zero-order valence-electron chi connectivity index (χ0n) is 11.8. The van der Waals surface area contributed by atoms with Crippen LogP contribution < -0.4 is 10.1 Å². The molecule has 1 unspecified atom stereocenters. The molecule has 0 saturated heterocycles. The van der Waals surface area contributed by atoms with Gasteiger partial charge in [-0.15, -0.1) is 11.3 Å². The Morgan fingerprint density at radius 1 is 1.45 bits per heavy atom. The fraction of sp³-hybridized carbons (Fsp3) is 0.438. The smallest absolute Gasteiger partial charge is 0.119 e. The molecule has 106 valence electrons. The van der Waals surface area contributed by atoms with Gasteiger partial charge in [0.1, 0.15) is 5.75 Å². The van der Waals surface area contributed by atoms with Crippen LogP contribution in [0.2, 0.25) is 0 Å². The molecule has 0 amide bonds. The third-order valence-electron chi connectivity index (χ3n) is 3.97. The number of hydrogen-bond acceptors (Lipinski definition) is 4. The summed E-state index contributed by atoms with van der Waals surface area (Å²) in [6.07, 6.45) is 3.71. The van der Waals surface area contributed by atoms with E-state index in [0.717, 1.165) is 24.5 Å². The molecule has 0 aliphatic heterocycles. The Morgan fingerprint density at radius 3 is 3.20 bits per heavy atom. The number of nitrogens with one attached hydrogen (secondary N) is 1. The Hall–Kier alpha value is -1.39. The van der Waals surface area contributed by atoms with E-state index in [4.69, 9.17) is 4.74 Å². The van der Waals surface area contributed by atoms with Crippen LogP contribution in [0.1, 0.15) is 35.6 Å². The zero-order valence-corrected chi connectivity index (χ0v) is 12.6. The number of methoxy groups -OCH3 is 1. The van der Waals surface area contributed by atoms with E-state index in [0.29, 0.717) is 5.92 Å². The van der Waals surface area contributed by atoms with Crippen LogP contribution in [0, 0.1) is 0 Å². The minimum atomic E-state index is 0.614. The summed E-state index contributed by atoms with van der Waals surface area (Å²) in [5, 5.41) is 5.64. The summed E-state index contributed by atoms with van der Waals surface area (Å²) in [5.74, 6) is 1.59. The van der Waals surface area contributed by atoms with E-state index < -0.39 is 0 Å². The number of nitrogens with zero attached hydrogens (tertiary/aromatic N) is 1. The monoisotopic (exact) mass is 288 g/mol. The number of benzene rings is 1. The molecule has 1 aliphatic carbocycles. The Kier molecular flexibility index (Phi) is 4.33. The van der Waals surface area contributed by atoms with E-state index in [1.165, 1.54) is 30.4 Å². The average molecular weight is 288 g/mol. The molecule has 1 atom stereocenters. The summed E-state index contributed by atoms with van der Waals surface area (Å²) in [4.78, 5) is 4.31. The predicted octanol–water partition coefficient (Wildman–Crippen LogP) is 3.36. The lowest BCUT2D eigenvalue weighted by Gasteiger charge is -2.26. The van der Waals surface area contributed by atoms with Crippen molar-refractivity contribution in [2.45, 2.75) is 31.7 Å². The van der Waals surface area contributed by atoms with Gasteiger partial charge in [-0.25, -0.2) is 4.98 Å². The molecule has 20 heavy (non-hydrogen) atoms. The van der Waals surface area contributed by atoms with Gasteiger partial charge in [0, 0.05) is 18.5 Å². The summed E-state index contributed by atoms with van der Waals surface area (Å²) < 4.78 is 5.32. The lowest BCUT2D eigenvalue weighted by molar-refractivity contribution is 0.412. The maximum absolute atomic E-state index is 5.32. The van der Waals surface area contributed by atoms with Crippen molar-refractivity contribution in [3.05, 3.63) is 45.9 Å². The van der Waals surface area contributed by atoms with Gasteiger partial charge in [0.05, 0.1) is 18.3 Å². The first-order valence-electron chi connectivity index (χ1n) is 7.11. The van der Waals surface area contributed by atoms with Gasteiger partial charge >= 0.3 is 0 Å². The Balaban J connectivity index is 1.64. The molecule has 0 saturated carbocycles. The number of thiazole rings is 1. The highest BCUT2D eigenvalue weighted by Crippen LogP contribution is 2.33. The minimum absolute atomic E-state index is 0.614. The first-order chi connectivity index (χ1) is 9.86. The molecule has 3 nitrogen and oxygen atoms in total. The van der Waals surface area contributed by atoms with Gasteiger partial charge < -0.3 is 10.1 Å². The largest absolute Gasteiger partial charge is 0.497 e. The Morgan fingerprint density at radius 2 is 2.40 bits per heavy atom. The second-order valence-corrected chi connectivity index (χ2v) is 5.98. The highest BCUT2D eigenvalue weighted by molar-refractivity contribution is 7.07.